The molecule has 0 saturated carbocycles. The minimum Gasteiger partial charge on any atom is -0.410 e. The molecule has 1 aromatic carbocycles. The molecule has 0 amide bonds. The summed E-state index contributed by atoms with van der Waals surface area (Å²) in [5.41, 5.74) is 1.19. The molecule has 1 aromatic heterocycles. The number of halogens is 2. The monoisotopic (exact) mass is 240 g/mol. The lowest BCUT2D eigenvalue weighted by Gasteiger charge is -2.02. The molecule has 15 heavy (non-hydrogen) atoms. The molecular formula is C10H6Cl2N2O. The molecule has 3 nitrogen and oxygen atoms in total. The van der Waals surface area contributed by atoms with Gasteiger partial charge in [-0.15, -0.1) is 0 Å². The van der Waals surface area contributed by atoms with Gasteiger partial charge in [0.25, 0.3) is 0 Å². The van der Waals surface area contributed by atoms with Crippen molar-refractivity contribution in [1.29, 1.82) is 0 Å². The standard InChI is InChI=1S/C10H6Cl2N2O/c11-9-7(10(12)14-15)5-6-3-1-2-4-8(6)13-9/h1-5,15H. The minimum atomic E-state index is -0.0711. The van der Waals surface area contributed by atoms with Gasteiger partial charge in [0.1, 0.15) is 5.15 Å². The molecule has 2 aromatic rings. The third-order valence-electron chi connectivity index (χ3n) is 1.99. The number of para-hydroxylation sites is 1. The van der Waals surface area contributed by atoms with Crippen LogP contribution < -0.4 is 0 Å². The number of hydrogen-bond donors (Lipinski definition) is 1. The molecule has 1 N–H and O–H groups in total. The molecule has 5 heteroatoms. The van der Waals surface area contributed by atoms with Crippen molar-refractivity contribution < 1.29 is 5.21 Å². The van der Waals surface area contributed by atoms with Gasteiger partial charge in [-0.05, 0) is 12.1 Å². The Kier molecular flexibility index (Phi) is 2.75. The summed E-state index contributed by atoms with van der Waals surface area (Å²) in [6.07, 6.45) is 0. The number of nitrogens with zero attached hydrogens (tertiary/aromatic N) is 2. The van der Waals surface area contributed by atoms with Gasteiger partial charge < -0.3 is 5.21 Å². The quantitative estimate of drug-likeness (QED) is 0.360. The second kappa shape index (κ2) is 4.04. The molecule has 0 unspecified atom stereocenters. The lowest BCUT2D eigenvalue weighted by atomic mass is 10.2. The van der Waals surface area contributed by atoms with Crippen LogP contribution in [0.2, 0.25) is 5.15 Å². The summed E-state index contributed by atoms with van der Waals surface area (Å²) in [6.45, 7) is 0. The molecule has 76 valence electrons. The van der Waals surface area contributed by atoms with E-state index in [4.69, 9.17) is 28.4 Å². The van der Waals surface area contributed by atoms with E-state index in [-0.39, 0.29) is 10.3 Å². The minimum absolute atomic E-state index is 0.0711. The second-order valence-electron chi connectivity index (χ2n) is 2.91. The molecule has 2 rings (SSSR count). The highest BCUT2D eigenvalue weighted by Crippen LogP contribution is 2.21. The molecule has 0 saturated heterocycles. The normalized spacial score (nSPS) is 12.0. The highest BCUT2D eigenvalue weighted by Gasteiger charge is 2.09. The summed E-state index contributed by atoms with van der Waals surface area (Å²) in [5.74, 6) is 0. The highest BCUT2D eigenvalue weighted by molar-refractivity contribution is 6.70. The zero-order valence-corrected chi connectivity index (χ0v) is 9.00. The summed E-state index contributed by atoms with van der Waals surface area (Å²) in [5, 5.41) is 12.5. The van der Waals surface area contributed by atoms with Crippen LogP contribution in [0.4, 0.5) is 0 Å². The molecule has 0 radical (unpaired) electrons. The Morgan fingerprint density at radius 3 is 2.80 bits per heavy atom. The van der Waals surface area contributed by atoms with Crippen LogP contribution in [0.15, 0.2) is 35.5 Å². The van der Waals surface area contributed by atoms with Crippen LogP contribution in [0.25, 0.3) is 10.9 Å². The Balaban J connectivity index is 2.72. The first-order chi connectivity index (χ1) is 7.22. The van der Waals surface area contributed by atoms with Crippen LogP contribution in [0, 0.1) is 0 Å². The first-order valence-corrected chi connectivity index (χ1v) is 4.91. The van der Waals surface area contributed by atoms with Gasteiger partial charge in [0, 0.05) is 5.39 Å². The molecule has 0 aliphatic carbocycles. The van der Waals surface area contributed by atoms with Crippen LogP contribution >= 0.6 is 23.2 Å². The molecular weight excluding hydrogens is 235 g/mol. The largest absolute Gasteiger partial charge is 0.410 e. The molecule has 0 aliphatic rings. The maximum absolute atomic E-state index is 8.55. The van der Waals surface area contributed by atoms with Gasteiger partial charge in [-0.1, -0.05) is 46.6 Å². The summed E-state index contributed by atoms with van der Waals surface area (Å²) >= 11 is 11.6. The van der Waals surface area contributed by atoms with Crippen LogP contribution in [-0.4, -0.2) is 15.4 Å². The summed E-state index contributed by atoms with van der Waals surface area (Å²) in [7, 11) is 0. The van der Waals surface area contributed by atoms with E-state index in [0.717, 1.165) is 10.9 Å². The van der Waals surface area contributed by atoms with Crippen molar-refractivity contribution in [2.24, 2.45) is 5.16 Å². The summed E-state index contributed by atoms with van der Waals surface area (Å²) in [4.78, 5) is 4.13. The fourth-order valence-electron chi connectivity index (χ4n) is 1.29. The van der Waals surface area contributed by atoms with Crippen LogP contribution in [0.5, 0.6) is 0 Å². The zero-order valence-electron chi connectivity index (χ0n) is 7.48. The Labute approximate surface area is 95.9 Å². The number of oxime groups is 1. The van der Waals surface area contributed by atoms with Crippen molar-refractivity contribution in [2.45, 2.75) is 0 Å². The first kappa shape index (κ1) is 10.2. The van der Waals surface area contributed by atoms with Gasteiger partial charge in [0.15, 0.2) is 5.17 Å². The van der Waals surface area contributed by atoms with Gasteiger partial charge in [0.2, 0.25) is 0 Å². The maximum Gasteiger partial charge on any atom is 0.178 e. The van der Waals surface area contributed by atoms with E-state index < -0.39 is 0 Å². The average Bonchev–Trinajstić information content (AvgIpc) is 2.27. The number of pyridine rings is 1. The molecule has 0 atom stereocenters. The van der Waals surface area contributed by atoms with Crippen molar-refractivity contribution >= 4 is 39.3 Å². The number of rotatable bonds is 1. The van der Waals surface area contributed by atoms with Gasteiger partial charge in [-0.3, -0.25) is 0 Å². The SMILES string of the molecule is ON=C(Cl)c1cc2ccccc2nc1Cl. The summed E-state index contributed by atoms with van der Waals surface area (Å²) < 4.78 is 0. The predicted octanol–water partition coefficient (Wildman–Crippen LogP) is 3.26. The van der Waals surface area contributed by atoms with Crippen molar-refractivity contribution in [3.05, 3.63) is 41.0 Å². The van der Waals surface area contributed by atoms with E-state index in [9.17, 15) is 0 Å². The lowest BCUT2D eigenvalue weighted by molar-refractivity contribution is 0.321. The van der Waals surface area contributed by atoms with Crippen molar-refractivity contribution in [3.8, 4) is 0 Å². The van der Waals surface area contributed by atoms with Gasteiger partial charge in [-0.25, -0.2) is 4.98 Å². The number of benzene rings is 1. The smallest absolute Gasteiger partial charge is 0.178 e. The Morgan fingerprint density at radius 2 is 2.07 bits per heavy atom. The van der Waals surface area contributed by atoms with Crippen LogP contribution in [-0.2, 0) is 0 Å². The van der Waals surface area contributed by atoms with Crippen molar-refractivity contribution in [1.82, 2.24) is 4.98 Å². The number of hydrogen-bond acceptors (Lipinski definition) is 3. The zero-order chi connectivity index (χ0) is 10.8. The third kappa shape index (κ3) is 1.89. The fraction of sp³-hybridized carbons (Fsp3) is 0. The first-order valence-electron chi connectivity index (χ1n) is 4.15. The topological polar surface area (TPSA) is 45.5 Å². The molecule has 1 heterocycles. The van der Waals surface area contributed by atoms with Gasteiger partial charge >= 0.3 is 0 Å². The molecule has 0 bridgehead atoms. The molecule has 0 fully saturated rings. The Morgan fingerprint density at radius 1 is 1.33 bits per heavy atom. The molecule has 0 spiro atoms. The van der Waals surface area contributed by atoms with E-state index in [1.807, 2.05) is 24.3 Å². The van der Waals surface area contributed by atoms with Gasteiger partial charge in [0.05, 0.1) is 11.1 Å². The van der Waals surface area contributed by atoms with E-state index in [1.165, 1.54) is 0 Å². The highest BCUT2D eigenvalue weighted by atomic mass is 35.5. The average molecular weight is 241 g/mol. The second-order valence-corrected chi connectivity index (χ2v) is 3.63. The maximum atomic E-state index is 8.55. The van der Waals surface area contributed by atoms with E-state index in [2.05, 4.69) is 10.1 Å². The van der Waals surface area contributed by atoms with E-state index >= 15 is 0 Å². The number of fused-ring (bicyclic) bond motifs is 1. The third-order valence-corrected chi connectivity index (χ3v) is 2.55. The number of aromatic nitrogens is 1. The van der Waals surface area contributed by atoms with E-state index in [1.54, 1.807) is 6.07 Å². The van der Waals surface area contributed by atoms with Crippen molar-refractivity contribution in [2.75, 3.05) is 0 Å². The van der Waals surface area contributed by atoms with Gasteiger partial charge in [-0.2, -0.15) is 0 Å². The summed E-state index contributed by atoms with van der Waals surface area (Å²) in [6, 6.07) is 9.20. The fourth-order valence-corrected chi connectivity index (χ4v) is 1.72. The van der Waals surface area contributed by atoms with Crippen LogP contribution in [0.3, 0.4) is 0 Å². The van der Waals surface area contributed by atoms with Crippen molar-refractivity contribution in [3.63, 3.8) is 0 Å². The lowest BCUT2D eigenvalue weighted by Crippen LogP contribution is -1.95. The predicted molar refractivity (Wildman–Crippen MR) is 60.9 cm³/mol. The Bertz CT molecular complexity index is 540. The van der Waals surface area contributed by atoms with Crippen LogP contribution in [0.1, 0.15) is 5.56 Å². The van der Waals surface area contributed by atoms with E-state index in [0.29, 0.717) is 5.56 Å². The Hall–Kier alpha value is -1.32. The molecule has 0 aliphatic heterocycles.